The average Bonchev–Trinajstić information content (AvgIpc) is 2.56. The highest BCUT2D eigenvalue weighted by Crippen LogP contribution is 2.25. The maximum Gasteiger partial charge on any atom is 0.573 e. The fourth-order valence-electron chi connectivity index (χ4n) is 2.31. The summed E-state index contributed by atoms with van der Waals surface area (Å²) in [6, 6.07) is 13.6. The van der Waals surface area contributed by atoms with Crippen LogP contribution in [0.15, 0.2) is 59.8 Å². The Morgan fingerprint density at radius 2 is 1.76 bits per heavy atom. The van der Waals surface area contributed by atoms with Gasteiger partial charge in [-0.15, -0.1) is 13.2 Å². The van der Waals surface area contributed by atoms with Crippen LogP contribution in [-0.2, 0) is 0 Å². The fourth-order valence-corrected chi connectivity index (χ4v) is 2.54. The minimum Gasteiger partial charge on any atom is -0.410 e. The Labute approximate surface area is 145 Å². The number of alkyl halides is 3. The molecule has 0 fully saturated rings. The van der Waals surface area contributed by atoms with Crippen molar-refractivity contribution in [2.45, 2.75) is 6.36 Å². The molecule has 4 nitrogen and oxygen atoms in total. The number of oxime groups is 1. The number of para-hydroxylation sites is 1. The molecule has 0 saturated carbocycles. The third-order valence-corrected chi connectivity index (χ3v) is 3.68. The van der Waals surface area contributed by atoms with Crippen molar-refractivity contribution in [3.63, 3.8) is 0 Å². The molecule has 3 aromatic rings. The van der Waals surface area contributed by atoms with Crippen LogP contribution >= 0.6 is 11.6 Å². The van der Waals surface area contributed by atoms with E-state index in [0.717, 1.165) is 17.5 Å². The Morgan fingerprint density at radius 1 is 1.04 bits per heavy atom. The van der Waals surface area contributed by atoms with Gasteiger partial charge in [0.05, 0.1) is 16.2 Å². The summed E-state index contributed by atoms with van der Waals surface area (Å²) in [5.41, 5.74) is 1.32. The smallest absolute Gasteiger partial charge is 0.410 e. The number of rotatable bonds is 3. The highest BCUT2D eigenvalue weighted by molar-refractivity contribution is 6.35. The number of hydrogen-bond acceptors (Lipinski definition) is 4. The molecule has 25 heavy (non-hydrogen) atoms. The SMILES string of the molecule is O/N=C(\c1ccc(OC(F)(F)F)cc1)c1ccc2cccc(Cl)c2n1. The van der Waals surface area contributed by atoms with Crippen LogP contribution in [0.3, 0.4) is 0 Å². The van der Waals surface area contributed by atoms with E-state index in [0.29, 0.717) is 21.8 Å². The van der Waals surface area contributed by atoms with Gasteiger partial charge in [-0.3, -0.25) is 0 Å². The summed E-state index contributed by atoms with van der Waals surface area (Å²) >= 11 is 6.12. The van der Waals surface area contributed by atoms with E-state index in [1.54, 1.807) is 24.3 Å². The van der Waals surface area contributed by atoms with Crippen LogP contribution in [0.2, 0.25) is 5.02 Å². The molecule has 0 unspecified atom stereocenters. The van der Waals surface area contributed by atoms with E-state index in [9.17, 15) is 18.4 Å². The third-order valence-electron chi connectivity index (χ3n) is 3.37. The second-order valence-electron chi connectivity index (χ2n) is 5.03. The second-order valence-corrected chi connectivity index (χ2v) is 5.44. The van der Waals surface area contributed by atoms with Gasteiger partial charge >= 0.3 is 6.36 Å². The molecule has 8 heteroatoms. The number of ether oxygens (including phenoxy) is 1. The molecule has 0 radical (unpaired) electrons. The molecule has 0 bridgehead atoms. The normalized spacial score (nSPS) is 12.4. The number of benzene rings is 2. The molecule has 0 aliphatic heterocycles. The van der Waals surface area contributed by atoms with E-state index in [-0.39, 0.29) is 11.5 Å². The number of fused-ring (bicyclic) bond motifs is 1. The molecule has 2 aromatic carbocycles. The molecule has 1 aromatic heterocycles. The molecule has 3 rings (SSSR count). The summed E-state index contributed by atoms with van der Waals surface area (Å²) < 4.78 is 40.4. The van der Waals surface area contributed by atoms with Crippen LogP contribution in [-0.4, -0.2) is 22.3 Å². The topological polar surface area (TPSA) is 54.7 Å². The first-order chi connectivity index (χ1) is 11.9. The number of nitrogens with zero attached hydrogens (tertiary/aromatic N) is 2. The van der Waals surface area contributed by atoms with Crippen molar-refractivity contribution < 1.29 is 23.1 Å². The van der Waals surface area contributed by atoms with Crippen molar-refractivity contribution in [3.8, 4) is 5.75 Å². The molecule has 0 aliphatic rings. The van der Waals surface area contributed by atoms with Gasteiger partial charge in [0, 0.05) is 10.9 Å². The van der Waals surface area contributed by atoms with Gasteiger partial charge in [0.15, 0.2) is 0 Å². The Hall–Kier alpha value is -2.80. The molecule has 128 valence electrons. The van der Waals surface area contributed by atoms with Gasteiger partial charge < -0.3 is 9.94 Å². The van der Waals surface area contributed by atoms with Crippen LogP contribution in [0.4, 0.5) is 13.2 Å². The molecule has 1 N–H and O–H groups in total. The maximum absolute atomic E-state index is 12.2. The molecule has 0 atom stereocenters. The summed E-state index contributed by atoms with van der Waals surface area (Å²) in [6.07, 6.45) is -4.77. The summed E-state index contributed by atoms with van der Waals surface area (Å²) in [4.78, 5) is 4.37. The van der Waals surface area contributed by atoms with Crippen molar-refractivity contribution in [1.29, 1.82) is 0 Å². The van der Waals surface area contributed by atoms with Crippen LogP contribution < -0.4 is 4.74 Å². The summed E-state index contributed by atoms with van der Waals surface area (Å²) in [7, 11) is 0. The van der Waals surface area contributed by atoms with Crippen LogP contribution in [0, 0.1) is 0 Å². The van der Waals surface area contributed by atoms with Crippen molar-refractivity contribution in [3.05, 3.63) is 70.9 Å². The van der Waals surface area contributed by atoms with Crippen LogP contribution in [0.5, 0.6) is 5.75 Å². The molecule has 0 amide bonds. The number of aromatic nitrogens is 1. The van der Waals surface area contributed by atoms with Crippen molar-refractivity contribution in [2.24, 2.45) is 5.16 Å². The summed E-state index contributed by atoms with van der Waals surface area (Å²) in [5, 5.41) is 13.8. The summed E-state index contributed by atoms with van der Waals surface area (Å²) in [5.74, 6) is -0.372. The Morgan fingerprint density at radius 3 is 2.40 bits per heavy atom. The summed E-state index contributed by atoms with van der Waals surface area (Å²) in [6.45, 7) is 0. The van der Waals surface area contributed by atoms with E-state index in [2.05, 4.69) is 14.9 Å². The second kappa shape index (κ2) is 6.60. The zero-order valence-electron chi connectivity index (χ0n) is 12.5. The van der Waals surface area contributed by atoms with Crippen molar-refractivity contribution >= 4 is 28.2 Å². The lowest BCUT2D eigenvalue weighted by Gasteiger charge is -2.10. The van der Waals surface area contributed by atoms with E-state index in [1.807, 2.05) is 6.07 Å². The average molecular weight is 367 g/mol. The standard InChI is InChI=1S/C17H10ClF3N2O2/c18-13-3-1-2-10-6-9-14(22-15(10)13)16(23-24)11-4-7-12(8-5-11)25-17(19,20)21/h1-9,24H/b23-16+. The van der Waals surface area contributed by atoms with Gasteiger partial charge in [-0.1, -0.05) is 35.0 Å². The van der Waals surface area contributed by atoms with Gasteiger partial charge in [-0.25, -0.2) is 4.98 Å². The van der Waals surface area contributed by atoms with E-state index < -0.39 is 6.36 Å². The first-order valence-corrected chi connectivity index (χ1v) is 7.39. The lowest BCUT2D eigenvalue weighted by molar-refractivity contribution is -0.274. The van der Waals surface area contributed by atoms with Gasteiger partial charge in [-0.2, -0.15) is 0 Å². The quantitative estimate of drug-likeness (QED) is 0.402. The lowest BCUT2D eigenvalue weighted by atomic mass is 10.1. The molecular weight excluding hydrogens is 357 g/mol. The Bertz CT molecular complexity index is 941. The minimum absolute atomic E-state index is 0.0976. The van der Waals surface area contributed by atoms with E-state index >= 15 is 0 Å². The van der Waals surface area contributed by atoms with Gasteiger partial charge in [0.25, 0.3) is 0 Å². The Kier molecular flexibility index (Phi) is 4.50. The molecule has 1 heterocycles. The third kappa shape index (κ3) is 3.83. The minimum atomic E-state index is -4.77. The van der Waals surface area contributed by atoms with Crippen LogP contribution in [0.1, 0.15) is 11.3 Å². The fraction of sp³-hybridized carbons (Fsp3) is 0.0588. The predicted octanol–water partition coefficient (Wildman–Crippen LogP) is 5.01. The van der Waals surface area contributed by atoms with Gasteiger partial charge in [-0.05, 0) is 36.4 Å². The monoisotopic (exact) mass is 366 g/mol. The van der Waals surface area contributed by atoms with Gasteiger partial charge in [0.2, 0.25) is 0 Å². The Balaban J connectivity index is 1.96. The molecule has 0 aliphatic carbocycles. The number of pyridine rings is 1. The number of hydrogen-bond donors (Lipinski definition) is 1. The van der Waals surface area contributed by atoms with E-state index in [4.69, 9.17) is 11.6 Å². The van der Waals surface area contributed by atoms with Crippen molar-refractivity contribution in [2.75, 3.05) is 0 Å². The molecule has 0 saturated heterocycles. The molecule has 0 spiro atoms. The van der Waals surface area contributed by atoms with E-state index in [1.165, 1.54) is 12.1 Å². The highest BCUT2D eigenvalue weighted by atomic mass is 35.5. The van der Waals surface area contributed by atoms with Crippen molar-refractivity contribution in [1.82, 2.24) is 4.98 Å². The first kappa shape index (κ1) is 17.0. The number of halogens is 4. The first-order valence-electron chi connectivity index (χ1n) is 7.01. The largest absolute Gasteiger partial charge is 0.573 e. The van der Waals surface area contributed by atoms with Gasteiger partial charge in [0.1, 0.15) is 11.5 Å². The zero-order chi connectivity index (χ0) is 18.0. The predicted molar refractivity (Wildman–Crippen MR) is 87.3 cm³/mol. The van der Waals surface area contributed by atoms with Crippen LogP contribution in [0.25, 0.3) is 10.9 Å². The zero-order valence-corrected chi connectivity index (χ0v) is 13.2. The maximum atomic E-state index is 12.2. The highest BCUT2D eigenvalue weighted by Gasteiger charge is 2.31. The molecular formula is C17H10ClF3N2O2. The lowest BCUT2D eigenvalue weighted by Crippen LogP contribution is -2.17.